The highest BCUT2D eigenvalue weighted by Crippen LogP contribution is 2.19. The number of nitrogens with one attached hydrogen (secondary N) is 1. The van der Waals surface area contributed by atoms with E-state index in [1.807, 2.05) is 6.07 Å². The molecule has 0 spiro atoms. The molecule has 1 unspecified atom stereocenters. The van der Waals surface area contributed by atoms with E-state index in [0.717, 1.165) is 23.7 Å². The van der Waals surface area contributed by atoms with Crippen molar-refractivity contribution < 1.29 is 4.39 Å². The van der Waals surface area contributed by atoms with Gasteiger partial charge in [-0.3, -0.25) is 11.3 Å². The Kier molecular flexibility index (Phi) is 6.16. The van der Waals surface area contributed by atoms with Gasteiger partial charge in [0.15, 0.2) is 0 Å². The molecule has 0 fully saturated rings. The van der Waals surface area contributed by atoms with Gasteiger partial charge >= 0.3 is 0 Å². The van der Waals surface area contributed by atoms with Crippen LogP contribution in [0.15, 0.2) is 40.2 Å². The monoisotopic (exact) mass is 356 g/mol. The summed E-state index contributed by atoms with van der Waals surface area (Å²) >= 11 is 5.14. The van der Waals surface area contributed by atoms with Gasteiger partial charge in [0.05, 0.1) is 0 Å². The fourth-order valence-corrected chi connectivity index (χ4v) is 3.35. The molecule has 1 aromatic carbocycles. The SMILES string of the molecule is NNC(CCCc1cccs1)Cc1cc(Br)ccc1F. The topological polar surface area (TPSA) is 38.0 Å². The molecule has 0 radical (unpaired) electrons. The molecule has 0 aliphatic heterocycles. The Labute approximate surface area is 131 Å². The molecule has 0 saturated heterocycles. The van der Waals surface area contributed by atoms with Crippen molar-refractivity contribution in [1.82, 2.24) is 5.43 Å². The smallest absolute Gasteiger partial charge is 0.126 e. The first-order chi connectivity index (χ1) is 9.69. The van der Waals surface area contributed by atoms with E-state index in [9.17, 15) is 4.39 Å². The summed E-state index contributed by atoms with van der Waals surface area (Å²) in [5.74, 6) is 5.41. The summed E-state index contributed by atoms with van der Waals surface area (Å²) in [5, 5.41) is 2.09. The lowest BCUT2D eigenvalue weighted by Gasteiger charge is -2.16. The number of aryl methyl sites for hydroxylation is 1. The normalized spacial score (nSPS) is 12.6. The fraction of sp³-hybridized carbons (Fsp3) is 0.333. The van der Waals surface area contributed by atoms with Crippen LogP contribution in [0.4, 0.5) is 4.39 Å². The first-order valence-corrected chi connectivity index (χ1v) is 8.28. The number of halogens is 2. The van der Waals surface area contributed by atoms with Gasteiger partial charge in [-0.15, -0.1) is 11.3 Å². The molecule has 108 valence electrons. The standard InChI is InChI=1S/C15H18BrFN2S/c16-12-6-7-15(17)11(9-12)10-13(19-18)3-1-4-14-5-2-8-20-14/h2,5-9,13,19H,1,3-4,10,18H2. The highest BCUT2D eigenvalue weighted by Gasteiger charge is 2.11. The zero-order valence-electron chi connectivity index (χ0n) is 11.1. The number of nitrogens with two attached hydrogens (primary N) is 1. The quantitative estimate of drug-likeness (QED) is 0.580. The Bertz CT molecular complexity index is 531. The number of benzene rings is 1. The maximum atomic E-state index is 13.7. The number of hydrogen-bond donors (Lipinski definition) is 2. The average molecular weight is 357 g/mol. The molecule has 2 rings (SSSR count). The molecule has 0 amide bonds. The molecule has 3 N–H and O–H groups in total. The molecule has 0 aliphatic carbocycles. The zero-order chi connectivity index (χ0) is 14.4. The van der Waals surface area contributed by atoms with Crippen LogP contribution in [0.3, 0.4) is 0 Å². The van der Waals surface area contributed by atoms with E-state index >= 15 is 0 Å². The lowest BCUT2D eigenvalue weighted by atomic mass is 10.0. The minimum atomic E-state index is -0.174. The van der Waals surface area contributed by atoms with E-state index in [1.54, 1.807) is 17.4 Å². The van der Waals surface area contributed by atoms with Crippen molar-refractivity contribution in [2.75, 3.05) is 0 Å². The molecule has 20 heavy (non-hydrogen) atoms. The Balaban J connectivity index is 1.86. The van der Waals surface area contributed by atoms with Crippen molar-refractivity contribution >= 4 is 27.3 Å². The van der Waals surface area contributed by atoms with Gasteiger partial charge in [-0.1, -0.05) is 22.0 Å². The Morgan fingerprint density at radius 1 is 1.35 bits per heavy atom. The lowest BCUT2D eigenvalue weighted by Crippen LogP contribution is -2.37. The van der Waals surface area contributed by atoms with Crippen LogP contribution >= 0.6 is 27.3 Å². The van der Waals surface area contributed by atoms with Gasteiger partial charge in [0.2, 0.25) is 0 Å². The summed E-state index contributed by atoms with van der Waals surface area (Å²) in [6.45, 7) is 0. The van der Waals surface area contributed by atoms with E-state index in [4.69, 9.17) is 5.84 Å². The number of thiophene rings is 1. The van der Waals surface area contributed by atoms with Crippen LogP contribution in [0.5, 0.6) is 0 Å². The Morgan fingerprint density at radius 3 is 2.90 bits per heavy atom. The third-order valence-corrected chi connectivity index (χ3v) is 4.70. The molecule has 1 aromatic heterocycles. The number of hydrazine groups is 1. The second kappa shape index (κ2) is 7.88. The van der Waals surface area contributed by atoms with Crippen LogP contribution in [-0.2, 0) is 12.8 Å². The van der Waals surface area contributed by atoms with Gasteiger partial charge in [0, 0.05) is 15.4 Å². The van der Waals surface area contributed by atoms with Gasteiger partial charge in [-0.2, -0.15) is 0 Å². The van der Waals surface area contributed by atoms with E-state index in [2.05, 4.69) is 38.9 Å². The summed E-state index contributed by atoms with van der Waals surface area (Å²) in [6.07, 6.45) is 3.63. The molecule has 5 heteroatoms. The summed E-state index contributed by atoms with van der Waals surface area (Å²) in [5.41, 5.74) is 3.49. The minimum absolute atomic E-state index is 0.0961. The van der Waals surface area contributed by atoms with E-state index in [-0.39, 0.29) is 11.9 Å². The van der Waals surface area contributed by atoms with E-state index < -0.39 is 0 Å². The van der Waals surface area contributed by atoms with Crippen molar-refractivity contribution in [1.29, 1.82) is 0 Å². The fourth-order valence-electron chi connectivity index (χ4n) is 2.19. The van der Waals surface area contributed by atoms with Crippen molar-refractivity contribution in [3.63, 3.8) is 0 Å². The zero-order valence-corrected chi connectivity index (χ0v) is 13.5. The van der Waals surface area contributed by atoms with Crippen molar-refractivity contribution in [2.45, 2.75) is 31.7 Å². The van der Waals surface area contributed by atoms with Gasteiger partial charge < -0.3 is 0 Å². The molecule has 0 bridgehead atoms. The van der Waals surface area contributed by atoms with Crippen LogP contribution in [-0.4, -0.2) is 6.04 Å². The highest BCUT2D eigenvalue weighted by atomic mass is 79.9. The Hall–Kier alpha value is -0.750. The largest absolute Gasteiger partial charge is 0.271 e. The summed E-state index contributed by atoms with van der Waals surface area (Å²) < 4.78 is 14.6. The van der Waals surface area contributed by atoms with Gasteiger partial charge in [-0.05, 0) is 60.9 Å². The first-order valence-electron chi connectivity index (χ1n) is 6.61. The second-order valence-corrected chi connectivity index (χ2v) is 6.72. The van der Waals surface area contributed by atoms with E-state index in [1.165, 1.54) is 10.9 Å². The summed E-state index contributed by atoms with van der Waals surface area (Å²) in [4.78, 5) is 1.38. The maximum Gasteiger partial charge on any atom is 0.126 e. The van der Waals surface area contributed by atoms with Gasteiger partial charge in [0.1, 0.15) is 5.82 Å². The molecule has 2 aromatic rings. The Morgan fingerprint density at radius 2 is 2.20 bits per heavy atom. The molecule has 0 saturated carbocycles. The van der Waals surface area contributed by atoms with Crippen LogP contribution in [0.25, 0.3) is 0 Å². The van der Waals surface area contributed by atoms with Crippen LogP contribution in [0.2, 0.25) is 0 Å². The predicted octanol–water partition coefficient (Wildman–Crippen LogP) is 4.05. The molecule has 2 nitrogen and oxygen atoms in total. The molecule has 0 aliphatic rings. The second-order valence-electron chi connectivity index (χ2n) is 4.78. The number of rotatable bonds is 7. The highest BCUT2D eigenvalue weighted by molar-refractivity contribution is 9.10. The average Bonchev–Trinajstić information content (AvgIpc) is 2.94. The maximum absolute atomic E-state index is 13.7. The van der Waals surface area contributed by atoms with Crippen LogP contribution < -0.4 is 11.3 Å². The summed E-state index contributed by atoms with van der Waals surface area (Å²) in [7, 11) is 0. The number of hydrogen-bond acceptors (Lipinski definition) is 3. The van der Waals surface area contributed by atoms with Gasteiger partial charge in [0.25, 0.3) is 0 Å². The van der Waals surface area contributed by atoms with Crippen molar-refractivity contribution in [3.05, 3.63) is 56.4 Å². The van der Waals surface area contributed by atoms with Crippen molar-refractivity contribution in [3.8, 4) is 0 Å². The molecular formula is C15H18BrFN2S. The third-order valence-electron chi connectivity index (χ3n) is 3.27. The van der Waals surface area contributed by atoms with Crippen molar-refractivity contribution in [2.24, 2.45) is 5.84 Å². The lowest BCUT2D eigenvalue weighted by molar-refractivity contribution is 0.467. The first kappa shape index (κ1) is 15.6. The van der Waals surface area contributed by atoms with Gasteiger partial charge in [-0.25, -0.2) is 4.39 Å². The molecule has 1 atom stereocenters. The van der Waals surface area contributed by atoms with E-state index in [0.29, 0.717) is 12.0 Å². The van der Waals surface area contributed by atoms with Crippen LogP contribution in [0.1, 0.15) is 23.3 Å². The van der Waals surface area contributed by atoms with Crippen LogP contribution in [0, 0.1) is 5.82 Å². The summed E-state index contributed by atoms with van der Waals surface area (Å²) in [6, 6.07) is 9.32. The minimum Gasteiger partial charge on any atom is -0.271 e. The third kappa shape index (κ3) is 4.66. The molecule has 1 heterocycles. The predicted molar refractivity (Wildman–Crippen MR) is 86.2 cm³/mol. The molecular weight excluding hydrogens is 339 g/mol.